The number of nitrogens with one attached hydrogen (secondary N) is 1. The van der Waals surface area contributed by atoms with Crippen LogP contribution in [-0.4, -0.2) is 50.9 Å². The van der Waals surface area contributed by atoms with Crippen molar-refractivity contribution in [2.24, 2.45) is 17.8 Å². The van der Waals surface area contributed by atoms with Crippen LogP contribution in [0.25, 0.3) is 11.1 Å². The van der Waals surface area contributed by atoms with Gasteiger partial charge in [-0.1, -0.05) is 24.3 Å². The number of carbonyl (C=O) groups is 1. The molecule has 0 spiro atoms. The number of aliphatic hydroxyl groups is 1. The topological polar surface area (TPSA) is 102 Å². The average Bonchev–Trinajstić information content (AvgIpc) is 2.90. The second kappa shape index (κ2) is 8.45. The van der Waals surface area contributed by atoms with Crippen LogP contribution in [0.1, 0.15) is 32.1 Å². The number of rotatable bonds is 3. The summed E-state index contributed by atoms with van der Waals surface area (Å²) in [7, 11) is 0. The van der Waals surface area contributed by atoms with E-state index in [1.165, 1.54) is 0 Å². The summed E-state index contributed by atoms with van der Waals surface area (Å²) < 4.78 is 0. The fourth-order valence-corrected chi connectivity index (χ4v) is 7.48. The molecule has 8 nitrogen and oxygen atoms in total. The van der Waals surface area contributed by atoms with Crippen molar-refractivity contribution in [1.29, 1.82) is 0 Å². The lowest BCUT2D eigenvalue weighted by Crippen LogP contribution is -2.63. The summed E-state index contributed by atoms with van der Waals surface area (Å²) in [4.78, 5) is 26.7. The van der Waals surface area contributed by atoms with Gasteiger partial charge < -0.3 is 20.4 Å². The van der Waals surface area contributed by atoms with E-state index < -0.39 is 5.60 Å². The number of para-hydroxylation sites is 2. The number of anilines is 3. The normalized spacial score (nSPS) is 29.8. The zero-order valence-electron chi connectivity index (χ0n) is 20.6. The molecule has 4 fully saturated rings. The molecule has 0 radical (unpaired) electrons. The van der Waals surface area contributed by atoms with Gasteiger partial charge in [0.1, 0.15) is 5.75 Å². The molecule has 5 aliphatic rings. The van der Waals surface area contributed by atoms with Crippen LogP contribution in [0.3, 0.4) is 0 Å². The Kier molecular flexibility index (Phi) is 5.15. The van der Waals surface area contributed by atoms with Crippen LogP contribution in [0, 0.1) is 17.8 Å². The molecule has 5 atom stereocenters. The molecule has 8 rings (SSSR count). The van der Waals surface area contributed by atoms with Crippen molar-refractivity contribution in [2.45, 2.75) is 43.7 Å². The van der Waals surface area contributed by atoms with Crippen LogP contribution in [-0.2, 0) is 0 Å². The first-order chi connectivity index (χ1) is 18.0. The summed E-state index contributed by atoms with van der Waals surface area (Å²) in [6.45, 7) is 1.11. The SMILES string of the molecule is O=C(NC1[C@@H]2CC3C[C@H]1CC(O)(C3)C2)N1CCN(c2ncc(-c3ccc(O)cc3)cn2)c2ccccc21. The van der Waals surface area contributed by atoms with Crippen molar-refractivity contribution in [2.75, 3.05) is 22.9 Å². The highest BCUT2D eigenvalue weighted by molar-refractivity contribution is 5.97. The Labute approximate surface area is 216 Å². The van der Waals surface area contributed by atoms with Gasteiger partial charge in [-0.05, 0) is 79.7 Å². The van der Waals surface area contributed by atoms with Crippen LogP contribution in [0.4, 0.5) is 22.1 Å². The average molecular weight is 498 g/mol. The van der Waals surface area contributed by atoms with Gasteiger partial charge in [-0.2, -0.15) is 0 Å². The van der Waals surface area contributed by atoms with E-state index in [-0.39, 0.29) is 17.8 Å². The third kappa shape index (κ3) is 3.91. The molecular formula is C29H31N5O3. The predicted molar refractivity (Wildman–Crippen MR) is 141 cm³/mol. The number of benzene rings is 2. The van der Waals surface area contributed by atoms with Gasteiger partial charge in [-0.15, -0.1) is 0 Å². The van der Waals surface area contributed by atoms with Crippen molar-refractivity contribution in [3.8, 4) is 16.9 Å². The van der Waals surface area contributed by atoms with Crippen LogP contribution >= 0.6 is 0 Å². The minimum atomic E-state index is -0.506. The van der Waals surface area contributed by atoms with E-state index in [0.29, 0.717) is 36.8 Å². The van der Waals surface area contributed by atoms with Crippen molar-refractivity contribution in [3.05, 3.63) is 60.9 Å². The summed E-state index contributed by atoms with van der Waals surface area (Å²) >= 11 is 0. The van der Waals surface area contributed by atoms with Crippen LogP contribution < -0.4 is 15.1 Å². The maximum Gasteiger partial charge on any atom is 0.322 e. The van der Waals surface area contributed by atoms with Gasteiger partial charge in [0.25, 0.3) is 0 Å². The summed E-state index contributed by atoms with van der Waals surface area (Å²) in [6.07, 6.45) is 8.37. The highest BCUT2D eigenvalue weighted by Gasteiger charge is 2.55. The number of fused-ring (bicyclic) bond motifs is 1. The molecule has 2 heterocycles. The van der Waals surface area contributed by atoms with E-state index in [2.05, 4.69) is 20.2 Å². The van der Waals surface area contributed by atoms with Crippen molar-refractivity contribution in [3.63, 3.8) is 0 Å². The summed E-state index contributed by atoms with van der Waals surface area (Å²) in [6, 6.07) is 15.0. The zero-order chi connectivity index (χ0) is 25.1. The maximum absolute atomic E-state index is 13.6. The van der Waals surface area contributed by atoms with Gasteiger partial charge in [-0.3, -0.25) is 4.90 Å². The summed E-state index contributed by atoms with van der Waals surface area (Å²) in [5.41, 5.74) is 3.05. The standard InChI is InChI=1S/C29H31N5O3/c35-23-7-5-19(6-8-23)22-16-30-27(31-17-22)33-9-10-34(25-4-2-1-3-24(25)33)28(36)32-26-20-11-18-12-21(26)15-29(37,13-18)14-20/h1-8,16-18,20-21,26,35,37H,9-15H2,(H,32,36)/t18?,20-,21+,26?,29?. The second-order valence-electron chi connectivity index (χ2n) is 11.3. The second-order valence-corrected chi connectivity index (χ2v) is 11.3. The Hall–Kier alpha value is -3.65. The van der Waals surface area contributed by atoms with E-state index >= 15 is 0 Å². The molecule has 8 heteroatoms. The molecule has 1 aromatic heterocycles. The molecule has 4 saturated carbocycles. The highest BCUT2D eigenvalue weighted by atomic mass is 16.3. The molecule has 3 N–H and O–H groups in total. The summed E-state index contributed by atoms with van der Waals surface area (Å²) in [5, 5.41) is 23.8. The molecule has 3 unspecified atom stereocenters. The number of aromatic nitrogens is 2. The van der Waals surface area contributed by atoms with Crippen molar-refractivity contribution >= 4 is 23.4 Å². The molecule has 3 aromatic rings. The lowest BCUT2D eigenvalue weighted by atomic mass is 9.52. The lowest BCUT2D eigenvalue weighted by molar-refractivity contribution is -0.136. The van der Waals surface area contributed by atoms with Gasteiger partial charge in [0.05, 0.1) is 17.0 Å². The number of aromatic hydroxyl groups is 1. The number of urea groups is 1. The third-order valence-electron chi connectivity index (χ3n) is 8.87. The molecule has 0 saturated heterocycles. The van der Waals surface area contributed by atoms with Crippen molar-refractivity contribution in [1.82, 2.24) is 15.3 Å². The molecule has 37 heavy (non-hydrogen) atoms. The van der Waals surface area contributed by atoms with Crippen LogP contribution in [0.5, 0.6) is 5.75 Å². The maximum atomic E-state index is 13.6. The van der Waals surface area contributed by atoms with Crippen LogP contribution in [0.15, 0.2) is 60.9 Å². The first-order valence-electron chi connectivity index (χ1n) is 13.2. The van der Waals surface area contributed by atoms with Crippen LogP contribution in [0.2, 0.25) is 0 Å². The van der Waals surface area contributed by atoms with Gasteiger partial charge >= 0.3 is 6.03 Å². The number of hydrogen-bond acceptors (Lipinski definition) is 6. The Balaban J connectivity index is 1.10. The molecule has 1 aliphatic heterocycles. The Morgan fingerprint density at radius 1 is 0.892 bits per heavy atom. The first-order valence-corrected chi connectivity index (χ1v) is 13.2. The predicted octanol–water partition coefficient (Wildman–Crippen LogP) is 4.46. The van der Waals surface area contributed by atoms with Gasteiger partial charge in [-0.25, -0.2) is 14.8 Å². The first kappa shape index (κ1) is 22.5. The van der Waals surface area contributed by atoms with E-state index in [0.717, 1.165) is 54.6 Å². The number of phenols is 1. The molecule has 4 bridgehead atoms. The molecule has 2 amide bonds. The van der Waals surface area contributed by atoms with Gasteiger partial charge in [0.15, 0.2) is 0 Å². The van der Waals surface area contributed by atoms with Gasteiger partial charge in [0, 0.05) is 37.1 Å². The molecule has 190 valence electrons. The van der Waals surface area contributed by atoms with Gasteiger partial charge in [0.2, 0.25) is 5.95 Å². The number of hydrogen-bond donors (Lipinski definition) is 3. The van der Waals surface area contributed by atoms with E-state index in [4.69, 9.17) is 0 Å². The minimum Gasteiger partial charge on any atom is -0.508 e. The third-order valence-corrected chi connectivity index (χ3v) is 8.87. The van der Waals surface area contributed by atoms with E-state index in [1.807, 2.05) is 41.3 Å². The highest BCUT2D eigenvalue weighted by Crippen LogP contribution is 2.55. The molecule has 4 aliphatic carbocycles. The zero-order valence-corrected chi connectivity index (χ0v) is 20.6. The fourth-order valence-electron chi connectivity index (χ4n) is 7.48. The monoisotopic (exact) mass is 497 g/mol. The quantitative estimate of drug-likeness (QED) is 0.494. The smallest absolute Gasteiger partial charge is 0.322 e. The summed E-state index contributed by atoms with van der Waals surface area (Å²) in [5.74, 6) is 2.17. The molecule has 2 aromatic carbocycles. The Morgan fingerprint density at radius 3 is 2.24 bits per heavy atom. The number of nitrogens with zero attached hydrogens (tertiary/aromatic N) is 4. The number of phenolic OH excluding ortho intramolecular Hbond substituents is 1. The minimum absolute atomic E-state index is 0.0554. The fraction of sp³-hybridized carbons (Fsp3) is 0.414. The van der Waals surface area contributed by atoms with E-state index in [9.17, 15) is 15.0 Å². The number of carbonyl (C=O) groups excluding carboxylic acids is 1. The lowest BCUT2D eigenvalue weighted by Gasteiger charge is -2.58. The largest absolute Gasteiger partial charge is 0.508 e. The number of amides is 2. The van der Waals surface area contributed by atoms with E-state index in [1.54, 1.807) is 24.5 Å². The van der Waals surface area contributed by atoms with Crippen molar-refractivity contribution < 1.29 is 15.0 Å². The Bertz CT molecular complexity index is 1310. The Morgan fingerprint density at radius 2 is 1.57 bits per heavy atom. The molecular weight excluding hydrogens is 466 g/mol.